The molecule has 0 saturated carbocycles. The fourth-order valence-corrected chi connectivity index (χ4v) is 1.39. The van der Waals surface area contributed by atoms with Crippen LogP contribution >= 0.6 is 45.5 Å². The van der Waals surface area contributed by atoms with E-state index in [-0.39, 0.29) is 0 Å². The average molecular weight is 298 g/mol. The van der Waals surface area contributed by atoms with E-state index in [0.717, 1.165) is 0 Å². The summed E-state index contributed by atoms with van der Waals surface area (Å²) in [7, 11) is -0.137. The molecule has 0 saturated heterocycles. The number of rotatable bonds is 0. The second kappa shape index (κ2) is 6.00. The Morgan fingerprint density at radius 1 is 0.929 bits per heavy atom. The van der Waals surface area contributed by atoms with Gasteiger partial charge in [-0.15, -0.1) is 0 Å². The van der Waals surface area contributed by atoms with Crippen LogP contribution in [0.4, 0.5) is 0 Å². The maximum absolute atomic E-state index is 8.95. The molecule has 1 aromatic rings. The van der Waals surface area contributed by atoms with Gasteiger partial charge < -0.3 is 0 Å². The molecule has 0 bridgehead atoms. The molecule has 0 unspecified atom stereocenters. The Labute approximate surface area is 101 Å². The smallest absolute Gasteiger partial charge is 0.273 e. The summed E-state index contributed by atoms with van der Waals surface area (Å²) in [6.45, 7) is 0. The normalized spacial score (nSPS) is 10.4. The summed E-state index contributed by atoms with van der Waals surface area (Å²) in [5, 5.41) is 1.69. The van der Waals surface area contributed by atoms with Gasteiger partial charge in [0, 0.05) is 25.8 Å². The molecule has 0 fully saturated rings. The zero-order valence-electron chi connectivity index (χ0n) is 6.42. The zero-order chi connectivity index (χ0) is 11.4. The lowest BCUT2D eigenvalue weighted by atomic mass is 10.4. The van der Waals surface area contributed by atoms with Crippen molar-refractivity contribution in [2.75, 3.05) is 0 Å². The van der Waals surface area contributed by atoms with E-state index in [1.54, 1.807) is 18.2 Å². The van der Waals surface area contributed by atoms with Crippen LogP contribution in [0.25, 0.3) is 0 Å². The third kappa shape index (κ3) is 10.4. The Hall–Kier alpha value is 0.290. The molecule has 1 rings (SSSR count). The first-order chi connectivity index (χ1) is 6.18. The Kier molecular flexibility index (Phi) is 6.12. The lowest BCUT2D eigenvalue weighted by Crippen LogP contribution is -1.77. The third-order valence-electron chi connectivity index (χ3n) is 0.827. The molecule has 80 valence electrons. The van der Waals surface area contributed by atoms with Gasteiger partial charge >= 0.3 is 9.33 Å². The molecule has 0 aromatic heterocycles. The van der Waals surface area contributed by atoms with Crippen LogP contribution in [0.1, 0.15) is 0 Å². The maximum atomic E-state index is 8.95. The summed E-state index contributed by atoms with van der Waals surface area (Å²) < 4.78 is 25.2. The number of benzene rings is 1. The molecule has 1 N–H and O–H groups in total. The summed E-state index contributed by atoms with van der Waals surface area (Å²) in [4.78, 5) is 0. The van der Waals surface area contributed by atoms with Crippen molar-refractivity contribution in [3.05, 3.63) is 33.3 Å². The van der Waals surface area contributed by atoms with E-state index >= 15 is 0 Å². The second-order valence-corrected chi connectivity index (χ2v) is 5.30. The van der Waals surface area contributed by atoms with Gasteiger partial charge in [-0.25, -0.2) is 0 Å². The maximum Gasteiger partial charge on any atom is 0.353 e. The van der Waals surface area contributed by atoms with Crippen LogP contribution < -0.4 is 0 Å². The molecule has 0 radical (unpaired) electrons. The van der Waals surface area contributed by atoms with Gasteiger partial charge in [0.2, 0.25) is 0 Å². The van der Waals surface area contributed by atoms with E-state index in [9.17, 15) is 0 Å². The van der Waals surface area contributed by atoms with E-state index in [1.165, 1.54) is 0 Å². The van der Waals surface area contributed by atoms with E-state index in [2.05, 4.69) is 10.7 Å². The van der Waals surface area contributed by atoms with Crippen LogP contribution in [0.5, 0.6) is 0 Å². The molecule has 0 heterocycles. The molecular weight excluding hydrogens is 294 g/mol. The monoisotopic (exact) mass is 296 g/mol. The van der Waals surface area contributed by atoms with Crippen LogP contribution in [0.15, 0.2) is 18.2 Å². The number of hydrogen-bond acceptors (Lipinski definition) is 2. The SMILES string of the molecule is Clc1cc(Cl)cc(Cl)c1.O=S(=O)(O)Cl. The van der Waals surface area contributed by atoms with Crippen LogP contribution in [0, 0.1) is 0 Å². The second-order valence-electron chi connectivity index (χ2n) is 2.00. The molecule has 3 nitrogen and oxygen atoms in total. The first-order valence-corrected chi connectivity index (χ1v) is 6.37. The Bertz CT molecular complexity index is 345. The van der Waals surface area contributed by atoms with Crippen LogP contribution in [-0.4, -0.2) is 13.0 Å². The summed E-state index contributed by atoms with van der Waals surface area (Å²) in [5.74, 6) is 0. The first-order valence-electron chi connectivity index (χ1n) is 2.97. The molecule has 1 aromatic carbocycles. The molecule has 0 aliphatic carbocycles. The predicted molar refractivity (Wildman–Crippen MR) is 58.9 cm³/mol. The van der Waals surface area contributed by atoms with Gasteiger partial charge in [-0.3, -0.25) is 4.55 Å². The summed E-state index contributed by atoms with van der Waals surface area (Å²) in [5.41, 5.74) is 0. The minimum Gasteiger partial charge on any atom is -0.273 e. The van der Waals surface area contributed by atoms with Crippen molar-refractivity contribution >= 4 is 54.8 Å². The van der Waals surface area contributed by atoms with Gasteiger partial charge in [-0.05, 0) is 18.2 Å². The van der Waals surface area contributed by atoms with E-state index in [4.69, 9.17) is 47.8 Å². The minimum absolute atomic E-state index is 0.563. The minimum atomic E-state index is -4.19. The van der Waals surface area contributed by atoms with Gasteiger partial charge in [0.15, 0.2) is 0 Å². The first kappa shape index (κ1) is 14.3. The van der Waals surface area contributed by atoms with E-state index in [1.807, 2.05) is 0 Å². The van der Waals surface area contributed by atoms with E-state index < -0.39 is 9.33 Å². The highest BCUT2D eigenvalue weighted by Gasteiger charge is 1.92. The Balaban J connectivity index is 0.000000292. The van der Waals surface area contributed by atoms with Crippen molar-refractivity contribution in [2.24, 2.45) is 0 Å². The molecule has 14 heavy (non-hydrogen) atoms. The van der Waals surface area contributed by atoms with Gasteiger partial charge in [-0.1, -0.05) is 34.8 Å². The van der Waals surface area contributed by atoms with Gasteiger partial charge in [0.25, 0.3) is 0 Å². The fraction of sp³-hybridized carbons (Fsp3) is 0. The quantitative estimate of drug-likeness (QED) is 0.587. The van der Waals surface area contributed by atoms with Gasteiger partial charge in [-0.2, -0.15) is 8.42 Å². The summed E-state index contributed by atoms with van der Waals surface area (Å²) in [6.07, 6.45) is 0. The summed E-state index contributed by atoms with van der Waals surface area (Å²) >= 11 is 16.7. The van der Waals surface area contributed by atoms with Crippen molar-refractivity contribution in [3.8, 4) is 0 Å². The molecule has 0 aliphatic heterocycles. The highest BCUT2D eigenvalue weighted by molar-refractivity contribution is 8.09. The molecular formula is C6H4Cl4O3S. The van der Waals surface area contributed by atoms with Gasteiger partial charge in [0.1, 0.15) is 0 Å². The Morgan fingerprint density at radius 2 is 1.07 bits per heavy atom. The topological polar surface area (TPSA) is 54.4 Å². The standard InChI is InChI=1S/C6H3Cl3.ClHO3S/c7-4-1-5(8)3-6(9)2-4;1-5(2,3)4/h1-3H;(H,2,3,4). The third-order valence-corrected chi connectivity index (χ3v) is 1.48. The fourth-order valence-electron chi connectivity index (χ4n) is 0.520. The lowest BCUT2D eigenvalue weighted by molar-refractivity contribution is 0.501. The Morgan fingerprint density at radius 3 is 1.21 bits per heavy atom. The zero-order valence-corrected chi connectivity index (χ0v) is 10.3. The number of hydrogen-bond donors (Lipinski definition) is 1. The van der Waals surface area contributed by atoms with Crippen LogP contribution in [0.3, 0.4) is 0 Å². The largest absolute Gasteiger partial charge is 0.353 e. The average Bonchev–Trinajstić information content (AvgIpc) is 1.77. The van der Waals surface area contributed by atoms with Gasteiger partial charge in [0.05, 0.1) is 0 Å². The molecule has 0 atom stereocenters. The highest BCUT2D eigenvalue weighted by atomic mass is 35.7. The lowest BCUT2D eigenvalue weighted by Gasteiger charge is -1.91. The number of halogens is 4. The van der Waals surface area contributed by atoms with Crippen molar-refractivity contribution in [1.29, 1.82) is 0 Å². The highest BCUT2D eigenvalue weighted by Crippen LogP contribution is 2.21. The summed E-state index contributed by atoms with van der Waals surface area (Å²) in [6, 6.07) is 4.90. The van der Waals surface area contributed by atoms with Crippen molar-refractivity contribution in [3.63, 3.8) is 0 Å². The van der Waals surface area contributed by atoms with Crippen LogP contribution in [-0.2, 0) is 9.33 Å². The molecule has 0 amide bonds. The van der Waals surface area contributed by atoms with E-state index in [0.29, 0.717) is 15.1 Å². The molecule has 0 spiro atoms. The van der Waals surface area contributed by atoms with Crippen LogP contribution in [0.2, 0.25) is 15.1 Å². The van der Waals surface area contributed by atoms with Crippen molar-refractivity contribution in [1.82, 2.24) is 0 Å². The van der Waals surface area contributed by atoms with Crippen molar-refractivity contribution < 1.29 is 13.0 Å². The molecule has 8 heteroatoms. The van der Waals surface area contributed by atoms with Crippen molar-refractivity contribution in [2.45, 2.75) is 0 Å². The predicted octanol–water partition coefficient (Wildman–Crippen LogP) is 3.67. The molecule has 0 aliphatic rings.